The Balaban J connectivity index is 2.42. The van der Waals surface area contributed by atoms with Crippen LogP contribution in [0.25, 0.3) is 0 Å². The van der Waals surface area contributed by atoms with Crippen LogP contribution in [0.4, 0.5) is 0 Å². The smallest absolute Gasteiger partial charge is 0.212 e. The molecule has 0 atom stereocenters. The van der Waals surface area contributed by atoms with Crippen LogP contribution >= 0.6 is 27.3 Å². The minimum absolute atomic E-state index is 0.0317. The molecule has 0 bridgehead atoms. The van der Waals surface area contributed by atoms with Crippen LogP contribution in [0, 0.1) is 0 Å². The third-order valence-corrected chi connectivity index (χ3v) is 4.77. The van der Waals surface area contributed by atoms with E-state index in [1.54, 1.807) is 0 Å². The van der Waals surface area contributed by atoms with Gasteiger partial charge in [0.05, 0.1) is 5.75 Å². The summed E-state index contributed by atoms with van der Waals surface area (Å²) in [6.07, 6.45) is 0.267. The summed E-state index contributed by atoms with van der Waals surface area (Å²) in [7, 11) is -3.25. The molecule has 0 aliphatic heterocycles. The van der Waals surface area contributed by atoms with Crippen molar-refractivity contribution in [3.05, 3.63) is 20.8 Å². The molecule has 0 saturated carbocycles. The molecule has 0 aliphatic carbocycles. The zero-order valence-corrected chi connectivity index (χ0v) is 11.2. The first-order valence-electron chi connectivity index (χ1n) is 4.34. The van der Waals surface area contributed by atoms with E-state index in [0.29, 0.717) is 6.54 Å². The molecule has 0 fully saturated rings. The molecule has 1 rings (SSSR count). The van der Waals surface area contributed by atoms with Crippen molar-refractivity contribution in [1.29, 1.82) is 0 Å². The van der Waals surface area contributed by atoms with Gasteiger partial charge in [-0.15, -0.1) is 11.3 Å². The van der Waals surface area contributed by atoms with Crippen molar-refractivity contribution < 1.29 is 13.5 Å². The second-order valence-corrected chi connectivity index (χ2v) is 6.79. The molecule has 86 valence electrons. The monoisotopic (exact) mass is 313 g/mol. The highest BCUT2D eigenvalue weighted by Gasteiger charge is 2.09. The molecule has 15 heavy (non-hydrogen) atoms. The Morgan fingerprint density at radius 2 is 2.27 bits per heavy atom. The lowest BCUT2D eigenvalue weighted by molar-refractivity contribution is 0.295. The average Bonchev–Trinajstić information content (AvgIpc) is 2.59. The number of halogens is 1. The highest BCUT2D eigenvalue weighted by Crippen LogP contribution is 2.19. The molecule has 7 heteroatoms. The van der Waals surface area contributed by atoms with E-state index in [9.17, 15) is 8.42 Å². The summed E-state index contributed by atoms with van der Waals surface area (Å²) in [4.78, 5) is 0.953. The van der Waals surface area contributed by atoms with Gasteiger partial charge in [-0.05, 0) is 28.4 Å². The quantitative estimate of drug-likeness (QED) is 0.832. The van der Waals surface area contributed by atoms with Crippen LogP contribution in [-0.2, 0) is 16.6 Å². The minimum Gasteiger partial charge on any atom is -0.396 e. The van der Waals surface area contributed by atoms with Gasteiger partial charge in [0, 0.05) is 27.9 Å². The Hall–Kier alpha value is 0.0500. The molecule has 1 aromatic rings. The fraction of sp³-hybridized carbons (Fsp3) is 0.500. The molecular formula is C8H12BrNO3S2. The molecular weight excluding hydrogens is 302 g/mol. The van der Waals surface area contributed by atoms with Crippen LogP contribution in [0.5, 0.6) is 0 Å². The van der Waals surface area contributed by atoms with Crippen molar-refractivity contribution in [2.24, 2.45) is 0 Å². The van der Waals surface area contributed by atoms with Crippen molar-refractivity contribution in [3.8, 4) is 0 Å². The summed E-state index contributed by atoms with van der Waals surface area (Å²) in [6, 6.07) is 1.87. The van der Waals surface area contributed by atoms with E-state index in [1.165, 1.54) is 11.3 Å². The van der Waals surface area contributed by atoms with E-state index >= 15 is 0 Å². The van der Waals surface area contributed by atoms with Crippen molar-refractivity contribution in [3.63, 3.8) is 0 Å². The fourth-order valence-corrected chi connectivity index (χ4v) is 3.47. The number of rotatable bonds is 6. The number of thiophene rings is 1. The van der Waals surface area contributed by atoms with Gasteiger partial charge < -0.3 is 5.11 Å². The molecule has 0 unspecified atom stereocenters. The Labute approximate surface area is 102 Å². The average molecular weight is 314 g/mol. The largest absolute Gasteiger partial charge is 0.396 e. The zero-order valence-electron chi connectivity index (χ0n) is 7.94. The first-order valence-corrected chi connectivity index (χ1v) is 7.67. The second kappa shape index (κ2) is 5.95. The van der Waals surface area contributed by atoms with Gasteiger partial charge in [0.15, 0.2) is 0 Å². The summed E-state index contributed by atoms with van der Waals surface area (Å²) in [5, 5.41) is 10.4. The number of nitrogens with one attached hydrogen (secondary N) is 1. The fourth-order valence-electron chi connectivity index (χ4n) is 0.954. The topological polar surface area (TPSA) is 66.4 Å². The van der Waals surface area contributed by atoms with Gasteiger partial charge in [-0.1, -0.05) is 0 Å². The molecule has 0 radical (unpaired) electrons. The maximum atomic E-state index is 11.3. The summed E-state index contributed by atoms with van der Waals surface area (Å²) < 4.78 is 26.1. The number of hydrogen-bond donors (Lipinski definition) is 2. The van der Waals surface area contributed by atoms with Gasteiger partial charge in [0.1, 0.15) is 0 Å². The molecule has 0 aliphatic rings. The predicted octanol–water partition coefficient (Wildman–Crippen LogP) is 1.31. The minimum atomic E-state index is -3.25. The standard InChI is InChI=1S/C8H12BrNO3S2/c9-7-4-8(14-6-7)5-10-15(12,13)3-1-2-11/h4,6,10-11H,1-3,5H2. The molecule has 1 aromatic heterocycles. The highest BCUT2D eigenvalue weighted by atomic mass is 79.9. The van der Waals surface area contributed by atoms with Crippen molar-refractivity contribution in [1.82, 2.24) is 4.72 Å². The third-order valence-electron chi connectivity index (χ3n) is 1.66. The summed E-state index contributed by atoms with van der Waals surface area (Å²) >= 11 is 4.79. The molecule has 1 heterocycles. The van der Waals surface area contributed by atoms with Gasteiger partial charge in [0.2, 0.25) is 10.0 Å². The lowest BCUT2D eigenvalue weighted by atomic mass is 10.5. The van der Waals surface area contributed by atoms with Crippen molar-refractivity contribution in [2.75, 3.05) is 12.4 Å². The van der Waals surface area contributed by atoms with Crippen LogP contribution in [-0.4, -0.2) is 25.9 Å². The zero-order chi connectivity index (χ0) is 11.3. The van der Waals surface area contributed by atoms with Gasteiger partial charge >= 0.3 is 0 Å². The molecule has 4 nitrogen and oxygen atoms in total. The summed E-state index contributed by atoms with van der Waals surface area (Å²) in [5.41, 5.74) is 0. The van der Waals surface area contributed by atoms with Crippen LogP contribution in [0.3, 0.4) is 0 Å². The van der Waals surface area contributed by atoms with Crippen molar-refractivity contribution in [2.45, 2.75) is 13.0 Å². The Morgan fingerprint density at radius 1 is 1.53 bits per heavy atom. The highest BCUT2D eigenvalue weighted by molar-refractivity contribution is 9.10. The normalized spacial score (nSPS) is 11.9. The van der Waals surface area contributed by atoms with E-state index in [2.05, 4.69) is 20.7 Å². The van der Waals surface area contributed by atoms with E-state index in [1.807, 2.05) is 11.4 Å². The Morgan fingerprint density at radius 3 is 2.80 bits per heavy atom. The number of hydrogen-bond acceptors (Lipinski definition) is 4. The van der Waals surface area contributed by atoms with Crippen molar-refractivity contribution >= 4 is 37.3 Å². The maximum absolute atomic E-state index is 11.3. The molecule has 0 aromatic carbocycles. The number of aliphatic hydroxyl groups excluding tert-OH is 1. The predicted molar refractivity (Wildman–Crippen MR) is 64.3 cm³/mol. The van der Waals surface area contributed by atoms with Crippen LogP contribution in [0.2, 0.25) is 0 Å². The van der Waals surface area contributed by atoms with Crippen LogP contribution in [0.15, 0.2) is 15.9 Å². The summed E-state index contributed by atoms with van der Waals surface area (Å²) in [5.74, 6) is -0.0317. The third kappa shape index (κ3) is 5.07. The second-order valence-electron chi connectivity index (χ2n) is 2.95. The first-order chi connectivity index (χ1) is 7.03. The van der Waals surface area contributed by atoms with Gasteiger partial charge in [-0.2, -0.15) is 0 Å². The maximum Gasteiger partial charge on any atom is 0.212 e. The first kappa shape index (κ1) is 13.1. The lowest BCUT2D eigenvalue weighted by Gasteiger charge is -2.03. The lowest BCUT2D eigenvalue weighted by Crippen LogP contribution is -2.25. The molecule has 0 saturated heterocycles. The number of aliphatic hydroxyl groups is 1. The molecule has 2 N–H and O–H groups in total. The van der Waals surface area contributed by atoms with E-state index in [0.717, 1.165) is 9.35 Å². The van der Waals surface area contributed by atoms with Crippen LogP contribution < -0.4 is 4.72 Å². The Bertz CT molecular complexity index is 402. The van der Waals surface area contributed by atoms with Gasteiger partial charge in [0.25, 0.3) is 0 Å². The molecule has 0 spiro atoms. The van der Waals surface area contributed by atoms with E-state index in [4.69, 9.17) is 5.11 Å². The Kier molecular flexibility index (Phi) is 5.20. The SMILES string of the molecule is O=S(=O)(CCCO)NCc1cc(Br)cs1. The molecule has 0 amide bonds. The number of sulfonamides is 1. The van der Waals surface area contributed by atoms with E-state index in [-0.39, 0.29) is 18.8 Å². The van der Waals surface area contributed by atoms with Crippen LogP contribution in [0.1, 0.15) is 11.3 Å². The van der Waals surface area contributed by atoms with Gasteiger partial charge in [-0.3, -0.25) is 0 Å². The van der Waals surface area contributed by atoms with E-state index < -0.39 is 10.0 Å². The summed E-state index contributed by atoms with van der Waals surface area (Å²) in [6.45, 7) is 0.204. The van der Waals surface area contributed by atoms with Gasteiger partial charge in [-0.25, -0.2) is 13.1 Å².